The van der Waals surface area contributed by atoms with Crippen LogP contribution in [0.4, 0.5) is 17.1 Å². The van der Waals surface area contributed by atoms with Crippen LogP contribution in [-0.2, 0) is 5.41 Å². The number of hydrogen-bond acceptors (Lipinski definition) is 3. The maximum Gasteiger partial charge on any atom is 0.0640 e. The summed E-state index contributed by atoms with van der Waals surface area (Å²) in [7, 11) is 0. The highest BCUT2D eigenvalue weighted by atomic mass is 32.1. The van der Waals surface area contributed by atoms with Gasteiger partial charge in [-0.15, -0.1) is 22.7 Å². The lowest BCUT2D eigenvalue weighted by atomic mass is 9.82. The van der Waals surface area contributed by atoms with Crippen LogP contribution in [0.5, 0.6) is 0 Å². The Morgan fingerprint density at radius 2 is 1.04 bits per heavy atom. The second-order valence-corrected chi connectivity index (χ2v) is 17.8. The molecule has 0 saturated heterocycles. The maximum absolute atomic E-state index is 2.50. The second kappa shape index (κ2) is 11.9. The number of benzene rings is 9. The molecule has 12 rings (SSSR count). The van der Waals surface area contributed by atoms with E-state index in [-0.39, 0.29) is 5.41 Å². The Bertz CT molecular complexity index is 3400. The molecule has 1 aliphatic rings. The predicted octanol–water partition coefficient (Wildman–Crippen LogP) is 16.2. The molecular weight excluding hydrogens is 715 g/mol. The van der Waals surface area contributed by atoms with Crippen molar-refractivity contribution in [3.05, 3.63) is 187 Å². The molecule has 11 aromatic rings. The highest BCUT2D eigenvalue weighted by Crippen LogP contribution is 2.53. The summed E-state index contributed by atoms with van der Waals surface area (Å²) in [6.07, 6.45) is 0. The van der Waals surface area contributed by atoms with Gasteiger partial charge in [-0.2, -0.15) is 0 Å². The van der Waals surface area contributed by atoms with Crippen LogP contribution in [0.3, 0.4) is 0 Å². The van der Waals surface area contributed by atoms with E-state index in [1.54, 1.807) is 0 Å². The largest absolute Gasteiger partial charge is 0.309 e. The number of fused-ring (bicyclic) bond motifs is 13. The van der Waals surface area contributed by atoms with E-state index in [2.05, 4.69) is 195 Å². The Balaban J connectivity index is 1.08. The number of anilines is 3. The number of nitrogens with zero attached hydrogens (tertiary/aromatic N) is 1. The smallest absolute Gasteiger partial charge is 0.0640 e. The molecule has 2 aromatic heterocycles. The van der Waals surface area contributed by atoms with Crippen LogP contribution >= 0.6 is 22.7 Å². The van der Waals surface area contributed by atoms with Crippen molar-refractivity contribution < 1.29 is 0 Å². The Hall–Kier alpha value is -6.26. The van der Waals surface area contributed by atoms with Gasteiger partial charge in [-0.25, -0.2) is 0 Å². The molecule has 56 heavy (non-hydrogen) atoms. The van der Waals surface area contributed by atoms with Gasteiger partial charge in [-0.1, -0.05) is 141 Å². The van der Waals surface area contributed by atoms with E-state index >= 15 is 0 Å². The van der Waals surface area contributed by atoms with Crippen molar-refractivity contribution in [2.24, 2.45) is 0 Å². The fourth-order valence-electron chi connectivity index (χ4n) is 9.47. The molecule has 0 atom stereocenters. The first kappa shape index (κ1) is 32.0. The molecule has 9 aromatic carbocycles. The molecule has 264 valence electrons. The minimum absolute atomic E-state index is 0.104. The van der Waals surface area contributed by atoms with E-state index in [1.165, 1.54) is 107 Å². The van der Waals surface area contributed by atoms with Crippen LogP contribution in [0.1, 0.15) is 25.0 Å². The summed E-state index contributed by atoms with van der Waals surface area (Å²) in [6.45, 7) is 4.74. The van der Waals surface area contributed by atoms with Crippen LogP contribution < -0.4 is 4.90 Å². The lowest BCUT2D eigenvalue weighted by Crippen LogP contribution is -2.16. The molecule has 2 heterocycles. The molecular formula is C53H35NS2. The average Bonchev–Trinajstić information content (AvgIpc) is 3.89. The average molecular weight is 750 g/mol. The van der Waals surface area contributed by atoms with Crippen molar-refractivity contribution in [2.75, 3.05) is 4.90 Å². The van der Waals surface area contributed by atoms with Crippen molar-refractivity contribution in [3.63, 3.8) is 0 Å². The van der Waals surface area contributed by atoms with E-state index in [1.807, 2.05) is 22.7 Å². The quantitative estimate of drug-likeness (QED) is 0.173. The Morgan fingerprint density at radius 3 is 1.88 bits per heavy atom. The summed E-state index contributed by atoms with van der Waals surface area (Å²) >= 11 is 3.84. The van der Waals surface area contributed by atoms with Crippen LogP contribution in [0.15, 0.2) is 176 Å². The zero-order chi connectivity index (χ0) is 37.1. The first-order valence-electron chi connectivity index (χ1n) is 19.3. The van der Waals surface area contributed by atoms with Crippen molar-refractivity contribution in [2.45, 2.75) is 19.3 Å². The van der Waals surface area contributed by atoms with E-state index in [4.69, 9.17) is 0 Å². The fraction of sp³-hybridized carbons (Fsp3) is 0.0566. The first-order valence-corrected chi connectivity index (χ1v) is 21.0. The van der Waals surface area contributed by atoms with Gasteiger partial charge in [-0.05, 0) is 103 Å². The molecule has 1 aliphatic carbocycles. The summed E-state index contributed by atoms with van der Waals surface area (Å²) in [5, 5.41) is 10.5. The standard InChI is InChI=1S/C53H35NS2/c1-53(2)44-16-8-7-14-40(44)41-27-25-38(31-45(41)53)54(37-23-20-33(21-24-37)36-19-18-32-10-3-4-12-35(32)30-36)46-17-9-15-42-49-48(56-52(42)46)29-28-47-50(49)43-26-22-34-11-5-6-13-39(34)51(43)55-47/h3-31H,1-2H3. The lowest BCUT2D eigenvalue weighted by Gasteiger charge is -2.28. The molecule has 0 spiro atoms. The molecule has 0 unspecified atom stereocenters. The number of thiophene rings is 2. The van der Waals surface area contributed by atoms with Gasteiger partial charge in [0.15, 0.2) is 0 Å². The highest BCUT2D eigenvalue weighted by Gasteiger charge is 2.36. The van der Waals surface area contributed by atoms with Gasteiger partial charge in [0.2, 0.25) is 0 Å². The molecule has 0 saturated carbocycles. The van der Waals surface area contributed by atoms with Gasteiger partial charge in [0.05, 0.1) is 10.4 Å². The third kappa shape index (κ3) is 4.59. The zero-order valence-corrected chi connectivity index (χ0v) is 32.6. The molecule has 0 fully saturated rings. The first-order chi connectivity index (χ1) is 27.5. The number of hydrogen-bond donors (Lipinski definition) is 0. The maximum atomic E-state index is 2.50. The summed E-state index contributed by atoms with van der Waals surface area (Å²) in [4.78, 5) is 2.50. The van der Waals surface area contributed by atoms with E-state index in [0.29, 0.717) is 0 Å². The van der Waals surface area contributed by atoms with Crippen molar-refractivity contribution in [1.82, 2.24) is 0 Å². The molecule has 0 radical (unpaired) electrons. The molecule has 0 aliphatic heterocycles. The fourth-order valence-corrected chi connectivity index (χ4v) is 11.9. The zero-order valence-electron chi connectivity index (χ0n) is 31.0. The van der Waals surface area contributed by atoms with Crippen molar-refractivity contribution >= 4 is 102 Å². The van der Waals surface area contributed by atoms with Gasteiger partial charge in [0.1, 0.15) is 0 Å². The molecule has 0 amide bonds. The summed E-state index contributed by atoms with van der Waals surface area (Å²) in [5.41, 5.74) is 11.3. The van der Waals surface area contributed by atoms with Gasteiger partial charge in [-0.3, -0.25) is 0 Å². The normalized spacial score (nSPS) is 13.3. The number of rotatable bonds is 4. The Kier molecular flexibility index (Phi) is 6.79. The minimum Gasteiger partial charge on any atom is -0.309 e. The molecule has 0 N–H and O–H groups in total. The third-order valence-electron chi connectivity index (χ3n) is 12.2. The van der Waals surface area contributed by atoms with Crippen molar-refractivity contribution in [3.8, 4) is 22.3 Å². The van der Waals surface area contributed by atoms with Crippen LogP contribution in [0, 0.1) is 0 Å². The minimum atomic E-state index is -0.104. The van der Waals surface area contributed by atoms with Crippen LogP contribution in [-0.4, -0.2) is 0 Å². The highest BCUT2D eigenvalue weighted by molar-refractivity contribution is 7.28. The summed E-state index contributed by atoms with van der Waals surface area (Å²) in [5.74, 6) is 0. The Morgan fingerprint density at radius 1 is 0.411 bits per heavy atom. The van der Waals surface area contributed by atoms with Gasteiger partial charge in [0.25, 0.3) is 0 Å². The van der Waals surface area contributed by atoms with Crippen LogP contribution in [0.2, 0.25) is 0 Å². The summed E-state index contributed by atoms with van der Waals surface area (Å²) < 4.78 is 5.34. The third-order valence-corrected chi connectivity index (χ3v) is 14.6. The van der Waals surface area contributed by atoms with Crippen LogP contribution in [0.25, 0.3) is 84.1 Å². The summed E-state index contributed by atoms with van der Waals surface area (Å²) in [6, 6.07) is 65.7. The van der Waals surface area contributed by atoms with E-state index in [0.717, 1.165) is 5.69 Å². The monoisotopic (exact) mass is 749 g/mol. The topological polar surface area (TPSA) is 3.24 Å². The molecule has 1 nitrogen and oxygen atoms in total. The SMILES string of the molecule is CC1(C)c2ccccc2-c2ccc(N(c3ccc(-c4ccc5ccccc5c4)cc3)c3cccc4c3sc3ccc5sc6c7ccccc7ccc6c5c34)cc21. The molecule has 0 bridgehead atoms. The van der Waals surface area contributed by atoms with E-state index in [9.17, 15) is 0 Å². The Labute approximate surface area is 333 Å². The lowest BCUT2D eigenvalue weighted by molar-refractivity contribution is 0.660. The van der Waals surface area contributed by atoms with Crippen molar-refractivity contribution in [1.29, 1.82) is 0 Å². The van der Waals surface area contributed by atoms with Gasteiger partial charge >= 0.3 is 0 Å². The van der Waals surface area contributed by atoms with Gasteiger partial charge < -0.3 is 4.90 Å². The molecule has 3 heteroatoms. The van der Waals surface area contributed by atoms with Gasteiger partial charge in [0, 0.05) is 52.4 Å². The van der Waals surface area contributed by atoms with E-state index < -0.39 is 0 Å². The predicted molar refractivity (Wildman–Crippen MR) is 245 cm³/mol. The second-order valence-electron chi connectivity index (χ2n) is 15.7.